The minimum atomic E-state index is -0.588. The molecule has 0 aliphatic heterocycles. The van der Waals surface area contributed by atoms with E-state index in [2.05, 4.69) is 4.98 Å². The van der Waals surface area contributed by atoms with Gasteiger partial charge < -0.3 is 23.9 Å². The summed E-state index contributed by atoms with van der Waals surface area (Å²) in [6.07, 6.45) is -0.0381. The Hall–Kier alpha value is -3.29. The molecular formula is C22H27NO7. The van der Waals surface area contributed by atoms with Crippen LogP contribution in [0.5, 0.6) is 11.5 Å². The number of aromatic amines is 1. The molecule has 0 bridgehead atoms. The van der Waals surface area contributed by atoms with Crippen LogP contribution >= 0.6 is 0 Å². The number of Topliss-reactive ketones (excluding diaryl/α,β-unsaturated/α-hetero) is 1. The van der Waals surface area contributed by atoms with Crippen LogP contribution in [0.15, 0.2) is 24.3 Å². The maximum atomic E-state index is 12.6. The number of H-pyrrole nitrogens is 1. The zero-order valence-electron chi connectivity index (χ0n) is 17.7. The Morgan fingerprint density at radius 1 is 0.867 bits per heavy atom. The summed E-state index contributed by atoms with van der Waals surface area (Å²) >= 11 is 0. The topological polar surface area (TPSA) is 104 Å². The number of ketones is 1. The molecule has 0 aliphatic rings. The maximum Gasteiger partial charge on any atom is 0.340 e. The zero-order valence-corrected chi connectivity index (χ0v) is 17.7. The third-order valence-corrected chi connectivity index (χ3v) is 4.21. The van der Waals surface area contributed by atoms with Gasteiger partial charge in [-0.25, -0.2) is 4.79 Å². The third kappa shape index (κ3) is 5.85. The van der Waals surface area contributed by atoms with Gasteiger partial charge in [-0.15, -0.1) is 0 Å². The number of ether oxygens (including phenoxy) is 4. The molecule has 0 aliphatic carbocycles. The number of benzene rings is 1. The second-order valence-corrected chi connectivity index (χ2v) is 6.41. The smallest absolute Gasteiger partial charge is 0.340 e. The van der Waals surface area contributed by atoms with Crippen LogP contribution in [0.25, 0.3) is 0 Å². The maximum absolute atomic E-state index is 12.6. The lowest BCUT2D eigenvalue weighted by Gasteiger charge is -2.11. The van der Waals surface area contributed by atoms with Crippen molar-refractivity contribution in [3.63, 3.8) is 0 Å². The largest absolute Gasteiger partial charge is 0.490 e. The van der Waals surface area contributed by atoms with Gasteiger partial charge in [0.15, 0.2) is 18.1 Å². The third-order valence-electron chi connectivity index (χ3n) is 4.21. The lowest BCUT2D eigenvalue weighted by atomic mass is 10.1. The van der Waals surface area contributed by atoms with E-state index in [9.17, 15) is 14.4 Å². The Bertz CT molecular complexity index is 901. The first-order valence-electron chi connectivity index (χ1n) is 9.78. The van der Waals surface area contributed by atoms with Gasteiger partial charge in [-0.3, -0.25) is 9.59 Å². The average Bonchev–Trinajstić information content (AvgIpc) is 3.01. The van der Waals surface area contributed by atoms with Gasteiger partial charge in [0.05, 0.1) is 37.4 Å². The number of rotatable bonds is 11. The van der Waals surface area contributed by atoms with Crippen molar-refractivity contribution in [2.45, 2.75) is 34.1 Å². The number of esters is 2. The number of nitrogens with one attached hydrogen (secondary N) is 1. The Labute approximate surface area is 175 Å². The first kappa shape index (κ1) is 23.0. The highest BCUT2D eigenvalue weighted by molar-refractivity contribution is 6.09. The minimum absolute atomic E-state index is 0.0381. The van der Waals surface area contributed by atoms with Gasteiger partial charge in [0.2, 0.25) is 5.78 Å². The van der Waals surface area contributed by atoms with Gasteiger partial charge in [-0.05, 0) is 39.8 Å². The average molecular weight is 417 g/mol. The van der Waals surface area contributed by atoms with E-state index in [4.69, 9.17) is 18.9 Å². The van der Waals surface area contributed by atoms with Crippen LogP contribution in [0.1, 0.15) is 52.4 Å². The van der Waals surface area contributed by atoms with E-state index < -0.39 is 24.3 Å². The molecule has 1 N–H and O–H groups in total. The lowest BCUT2D eigenvalue weighted by molar-refractivity contribution is -0.143. The molecule has 0 saturated carbocycles. The molecule has 1 aromatic heterocycles. The zero-order chi connectivity index (χ0) is 22.1. The summed E-state index contributed by atoms with van der Waals surface area (Å²) in [6.45, 7) is 7.20. The Balaban J connectivity index is 1.90. The van der Waals surface area contributed by atoms with Crippen molar-refractivity contribution in [3.05, 3.63) is 46.8 Å². The fraction of sp³-hybridized carbons (Fsp3) is 0.409. The number of aromatic nitrogens is 1. The fourth-order valence-electron chi connectivity index (χ4n) is 2.97. The van der Waals surface area contributed by atoms with Crippen LogP contribution < -0.4 is 9.47 Å². The number of hydrogen-bond donors (Lipinski definition) is 1. The van der Waals surface area contributed by atoms with Crippen LogP contribution in [0, 0.1) is 13.8 Å². The summed E-state index contributed by atoms with van der Waals surface area (Å²) < 4.78 is 21.1. The molecule has 0 fully saturated rings. The van der Waals surface area contributed by atoms with Gasteiger partial charge in [-0.2, -0.15) is 0 Å². The summed E-state index contributed by atoms with van der Waals surface area (Å²) in [4.78, 5) is 39.7. The van der Waals surface area contributed by atoms with E-state index in [0.717, 1.165) is 0 Å². The summed E-state index contributed by atoms with van der Waals surface area (Å²) in [5.74, 6) is -0.528. The van der Waals surface area contributed by atoms with E-state index in [1.165, 1.54) is 0 Å². The highest BCUT2D eigenvalue weighted by Gasteiger charge is 2.26. The fourth-order valence-corrected chi connectivity index (χ4v) is 2.97. The predicted octanol–water partition coefficient (Wildman–Crippen LogP) is 3.40. The Kier molecular flexibility index (Phi) is 8.46. The molecule has 0 amide bonds. The Morgan fingerprint density at radius 3 is 2.13 bits per heavy atom. The number of para-hydroxylation sites is 2. The molecule has 2 aromatic rings. The van der Waals surface area contributed by atoms with Crippen molar-refractivity contribution in [1.82, 2.24) is 4.98 Å². The molecule has 8 nitrogen and oxygen atoms in total. The molecular weight excluding hydrogens is 390 g/mol. The molecule has 30 heavy (non-hydrogen) atoms. The van der Waals surface area contributed by atoms with Crippen molar-refractivity contribution in [1.29, 1.82) is 0 Å². The summed E-state index contributed by atoms with van der Waals surface area (Å²) in [5, 5.41) is 0. The van der Waals surface area contributed by atoms with Gasteiger partial charge in [-0.1, -0.05) is 12.1 Å². The number of carbonyl (C=O) groups excluding carboxylic acids is 3. The predicted molar refractivity (Wildman–Crippen MR) is 109 cm³/mol. The standard InChI is InChI=1S/C22H27NO7/c1-5-27-17-9-7-8-10-18(17)29-12-11-19(25)30-13-16(24)20-14(3)23-15(4)21(20)22(26)28-6-2/h7-10,23H,5-6,11-13H2,1-4H3. The molecule has 162 valence electrons. The quantitative estimate of drug-likeness (QED) is 0.441. The first-order valence-corrected chi connectivity index (χ1v) is 9.78. The van der Waals surface area contributed by atoms with Crippen molar-refractivity contribution < 1.29 is 33.3 Å². The van der Waals surface area contributed by atoms with Crippen molar-refractivity contribution >= 4 is 17.7 Å². The molecule has 8 heteroatoms. The second kappa shape index (κ2) is 11.0. The van der Waals surface area contributed by atoms with Crippen molar-refractivity contribution in [2.75, 3.05) is 26.4 Å². The summed E-state index contributed by atoms with van der Waals surface area (Å²) in [5.41, 5.74) is 1.40. The highest BCUT2D eigenvalue weighted by Crippen LogP contribution is 2.26. The molecule has 0 atom stereocenters. The second-order valence-electron chi connectivity index (χ2n) is 6.41. The number of hydrogen-bond acceptors (Lipinski definition) is 7. The van der Waals surface area contributed by atoms with Crippen LogP contribution in [0.3, 0.4) is 0 Å². The number of aryl methyl sites for hydroxylation is 2. The van der Waals surface area contributed by atoms with Crippen LogP contribution in [0.4, 0.5) is 0 Å². The first-order chi connectivity index (χ1) is 14.4. The van der Waals surface area contributed by atoms with Crippen LogP contribution in [-0.2, 0) is 14.3 Å². The SMILES string of the molecule is CCOC(=O)c1c(C)[nH]c(C)c1C(=O)COC(=O)CCOc1ccccc1OCC. The minimum Gasteiger partial charge on any atom is -0.490 e. The lowest BCUT2D eigenvalue weighted by Crippen LogP contribution is -2.19. The molecule has 0 unspecified atom stereocenters. The van der Waals surface area contributed by atoms with E-state index >= 15 is 0 Å². The van der Waals surface area contributed by atoms with E-state index in [-0.39, 0.29) is 30.8 Å². The molecule has 0 radical (unpaired) electrons. The molecule has 1 aromatic carbocycles. The monoisotopic (exact) mass is 417 g/mol. The van der Waals surface area contributed by atoms with Gasteiger partial charge >= 0.3 is 11.9 Å². The normalized spacial score (nSPS) is 10.4. The highest BCUT2D eigenvalue weighted by atomic mass is 16.5. The molecule has 0 spiro atoms. The summed E-state index contributed by atoms with van der Waals surface area (Å²) in [7, 11) is 0. The van der Waals surface area contributed by atoms with E-state index in [1.807, 2.05) is 13.0 Å². The van der Waals surface area contributed by atoms with E-state index in [1.54, 1.807) is 39.0 Å². The van der Waals surface area contributed by atoms with Crippen molar-refractivity contribution in [2.24, 2.45) is 0 Å². The summed E-state index contributed by atoms with van der Waals surface area (Å²) in [6, 6.07) is 7.15. The van der Waals surface area contributed by atoms with Gasteiger partial charge in [0, 0.05) is 11.4 Å². The van der Waals surface area contributed by atoms with E-state index in [0.29, 0.717) is 29.5 Å². The van der Waals surface area contributed by atoms with Gasteiger partial charge in [0.25, 0.3) is 0 Å². The molecule has 1 heterocycles. The number of carbonyl (C=O) groups is 3. The molecule has 2 rings (SSSR count). The van der Waals surface area contributed by atoms with Crippen LogP contribution in [-0.4, -0.2) is 49.1 Å². The molecule has 0 saturated heterocycles. The Morgan fingerprint density at radius 2 is 1.50 bits per heavy atom. The van der Waals surface area contributed by atoms with Gasteiger partial charge in [0.1, 0.15) is 0 Å². The van der Waals surface area contributed by atoms with Crippen LogP contribution in [0.2, 0.25) is 0 Å². The van der Waals surface area contributed by atoms with Crippen molar-refractivity contribution in [3.8, 4) is 11.5 Å².